The average Bonchev–Trinajstić information content (AvgIpc) is 2.90. The molecule has 1 saturated heterocycles. The molecule has 154 valence electrons. The molecule has 5 nitrogen and oxygen atoms in total. The number of thiocarbonyl (C=S) groups is 1. The fraction of sp³-hybridized carbons (Fsp3) is 0.636. The van der Waals surface area contributed by atoms with Gasteiger partial charge in [-0.3, -0.25) is 9.69 Å². The first-order valence-electron chi connectivity index (χ1n) is 10.8. The fourth-order valence-corrected chi connectivity index (χ4v) is 4.47. The number of amides is 1. The molecule has 1 aliphatic carbocycles. The van der Waals surface area contributed by atoms with E-state index in [4.69, 9.17) is 12.2 Å². The summed E-state index contributed by atoms with van der Waals surface area (Å²) in [5.41, 5.74) is 0.855. The second-order valence-electron chi connectivity index (χ2n) is 8.02. The van der Waals surface area contributed by atoms with Crippen LogP contribution in [0.2, 0.25) is 0 Å². The Bertz CT molecular complexity index is 616. The molecular formula is C22H34N4OS. The van der Waals surface area contributed by atoms with Gasteiger partial charge in [0.1, 0.15) is 0 Å². The van der Waals surface area contributed by atoms with Gasteiger partial charge < -0.3 is 15.5 Å². The van der Waals surface area contributed by atoms with E-state index < -0.39 is 0 Å². The van der Waals surface area contributed by atoms with Crippen molar-refractivity contribution in [3.8, 4) is 0 Å². The third-order valence-electron chi connectivity index (χ3n) is 5.73. The predicted molar refractivity (Wildman–Crippen MR) is 120 cm³/mol. The van der Waals surface area contributed by atoms with Crippen LogP contribution in [0, 0.1) is 0 Å². The van der Waals surface area contributed by atoms with Gasteiger partial charge in [-0.2, -0.15) is 0 Å². The second-order valence-corrected chi connectivity index (χ2v) is 8.41. The number of hydrogen-bond acceptors (Lipinski definition) is 3. The normalized spacial score (nSPS) is 19.9. The van der Waals surface area contributed by atoms with Crippen molar-refractivity contribution in [3.05, 3.63) is 30.3 Å². The molecule has 1 saturated carbocycles. The Hall–Kier alpha value is -1.66. The maximum atomic E-state index is 12.3. The van der Waals surface area contributed by atoms with Gasteiger partial charge in [0.25, 0.3) is 0 Å². The van der Waals surface area contributed by atoms with Crippen LogP contribution in [-0.2, 0) is 4.79 Å². The molecule has 1 heterocycles. The van der Waals surface area contributed by atoms with Gasteiger partial charge in [0.2, 0.25) is 5.91 Å². The molecule has 1 amide bonds. The Morgan fingerprint density at radius 1 is 0.929 bits per heavy atom. The lowest BCUT2D eigenvalue weighted by Gasteiger charge is -2.29. The summed E-state index contributed by atoms with van der Waals surface area (Å²) in [6.45, 7) is 4.09. The summed E-state index contributed by atoms with van der Waals surface area (Å²) in [7, 11) is 0. The molecule has 1 aromatic rings. The number of anilines is 1. The van der Waals surface area contributed by atoms with Crippen LogP contribution in [-0.4, -0.2) is 59.6 Å². The Morgan fingerprint density at radius 3 is 2.39 bits per heavy atom. The quantitative estimate of drug-likeness (QED) is 0.754. The highest BCUT2D eigenvalue weighted by Gasteiger charge is 2.20. The van der Waals surface area contributed by atoms with Crippen LogP contribution in [0.25, 0.3) is 0 Å². The zero-order chi connectivity index (χ0) is 19.6. The largest absolute Gasteiger partial charge is 0.360 e. The van der Waals surface area contributed by atoms with Crippen LogP contribution in [0.1, 0.15) is 51.4 Å². The minimum atomic E-state index is 0.0508. The number of carbonyl (C=O) groups is 1. The molecule has 0 atom stereocenters. The molecule has 1 aromatic carbocycles. The molecule has 1 aliphatic heterocycles. The number of nitrogens with zero attached hydrogens (tertiary/aromatic N) is 2. The topological polar surface area (TPSA) is 47.6 Å². The summed E-state index contributed by atoms with van der Waals surface area (Å²) in [6.07, 6.45) is 10.2. The summed E-state index contributed by atoms with van der Waals surface area (Å²) in [5.74, 6) is 0.0508. The monoisotopic (exact) mass is 402 g/mol. The van der Waals surface area contributed by atoms with Crippen molar-refractivity contribution in [1.82, 2.24) is 15.1 Å². The lowest BCUT2D eigenvalue weighted by molar-refractivity contribution is -0.117. The van der Waals surface area contributed by atoms with Crippen LogP contribution < -0.4 is 10.6 Å². The van der Waals surface area contributed by atoms with E-state index in [0.717, 1.165) is 43.4 Å². The third-order valence-corrected chi connectivity index (χ3v) is 6.11. The summed E-state index contributed by atoms with van der Waals surface area (Å²) >= 11 is 5.72. The summed E-state index contributed by atoms with van der Waals surface area (Å²) < 4.78 is 0. The highest BCUT2D eigenvalue weighted by atomic mass is 32.1. The smallest absolute Gasteiger partial charge is 0.238 e. The van der Waals surface area contributed by atoms with Crippen molar-refractivity contribution >= 4 is 28.9 Å². The first kappa shape index (κ1) is 21.1. The first-order valence-corrected chi connectivity index (χ1v) is 11.2. The number of para-hydroxylation sites is 1. The van der Waals surface area contributed by atoms with E-state index in [-0.39, 0.29) is 5.91 Å². The molecule has 0 bridgehead atoms. The maximum Gasteiger partial charge on any atom is 0.238 e. The van der Waals surface area contributed by atoms with Crippen LogP contribution in [0.15, 0.2) is 30.3 Å². The van der Waals surface area contributed by atoms with Gasteiger partial charge in [-0.05, 0) is 43.6 Å². The molecule has 28 heavy (non-hydrogen) atoms. The highest BCUT2D eigenvalue weighted by molar-refractivity contribution is 7.80. The van der Waals surface area contributed by atoms with Crippen molar-refractivity contribution in [2.24, 2.45) is 0 Å². The van der Waals surface area contributed by atoms with Crippen LogP contribution in [0.3, 0.4) is 0 Å². The van der Waals surface area contributed by atoms with Crippen LogP contribution >= 0.6 is 12.2 Å². The third kappa shape index (κ3) is 7.06. The lowest BCUT2D eigenvalue weighted by Crippen LogP contribution is -2.46. The SMILES string of the molecule is O=C(CN1CCCN(C(=S)NC2CCCCCCC2)CC1)Nc1ccccc1. The second kappa shape index (κ2) is 11.4. The van der Waals surface area contributed by atoms with E-state index in [1.165, 1.54) is 44.9 Å². The zero-order valence-electron chi connectivity index (χ0n) is 16.9. The molecular weight excluding hydrogens is 368 g/mol. The molecule has 2 fully saturated rings. The number of nitrogens with one attached hydrogen (secondary N) is 2. The number of carbonyl (C=O) groups excluding carboxylic acids is 1. The van der Waals surface area contributed by atoms with Crippen molar-refractivity contribution < 1.29 is 4.79 Å². The van der Waals surface area contributed by atoms with Gasteiger partial charge in [-0.1, -0.05) is 50.3 Å². The first-order chi connectivity index (χ1) is 13.7. The Kier molecular flexibility index (Phi) is 8.55. The predicted octanol–water partition coefficient (Wildman–Crippen LogP) is 3.62. The summed E-state index contributed by atoms with van der Waals surface area (Å²) in [4.78, 5) is 16.9. The Balaban J connectivity index is 1.42. The standard InChI is InChI=1S/C22H34N4OS/c27-21(23-19-10-7-4-8-11-19)18-25-14-9-15-26(17-16-25)22(28)24-20-12-5-2-1-3-6-13-20/h4,7-8,10-11,20H,1-3,5-6,9,12-18H2,(H,23,27)(H,24,28). The van der Waals surface area contributed by atoms with Crippen LogP contribution in [0.4, 0.5) is 5.69 Å². The Morgan fingerprint density at radius 2 is 1.64 bits per heavy atom. The van der Waals surface area contributed by atoms with Crippen molar-refractivity contribution in [2.45, 2.75) is 57.4 Å². The Labute approximate surface area is 174 Å². The number of benzene rings is 1. The van der Waals surface area contributed by atoms with Crippen molar-refractivity contribution in [2.75, 3.05) is 38.0 Å². The molecule has 2 N–H and O–H groups in total. The minimum absolute atomic E-state index is 0.0508. The molecule has 6 heteroatoms. The van der Waals surface area contributed by atoms with E-state index in [0.29, 0.717) is 12.6 Å². The van der Waals surface area contributed by atoms with Crippen molar-refractivity contribution in [3.63, 3.8) is 0 Å². The van der Waals surface area contributed by atoms with Crippen LogP contribution in [0.5, 0.6) is 0 Å². The average molecular weight is 403 g/mol. The molecule has 3 rings (SSSR count). The maximum absolute atomic E-state index is 12.3. The minimum Gasteiger partial charge on any atom is -0.360 e. The van der Waals surface area contributed by atoms with Gasteiger partial charge >= 0.3 is 0 Å². The van der Waals surface area contributed by atoms with Gasteiger partial charge in [0.15, 0.2) is 5.11 Å². The molecule has 0 radical (unpaired) electrons. The van der Waals surface area contributed by atoms with Gasteiger partial charge in [0.05, 0.1) is 6.54 Å². The fourth-order valence-electron chi connectivity index (χ4n) is 4.12. The molecule has 0 aromatic heterocycles. The van der Waals surface area contributed by atoms with Crippen molar-refractivity contribution in [1.29, 1.82) is 0 Å². The molecule has 0 spiro atoms. The summed E-state index contributed by atoms with van der Waals surface area (Å²) in [5, 5.41) is 7.51. The van der Waals surface area contributed by atoms with Gasteiger partial charge in [0, 0.05) is 37.9 Å². The van der Waals surface area contributed by atoms with Gasteiger partial charge in [-0.15, -0.1) is 0 Å². The zero-order valence-corrected chi connectivity index (χ0v) is 17.7. The molecule has 0 unspecified atom stereocenters. The van der Waals surface area contributed by atoms with Gasteiger partial charge in [-0.25, -0.2) is 0 Å². The van der Waals surface area contributed by atoms with E-state index in [2.05, 4.69) is 20.4 Å². The van der Waals surface area contributed by atoms with E-state index in [1.54, 1.807) is 0 Å². The van der Waals surface area contributed by atoms with E-state index in [1.807, 2.05) is 30.3 Å². The van der Waals surface area contributed by atoms with E-state index in [9.17, 15) is 4.79 Å². The number of rotatable bonds is 4. The number of hydrogen-bond donors (Lipinski definition) is 2. The molecule has 2 aliphatic rings. The summed E-state index contributed by atoms with van der Waals surface area (Å²) in [6, 6.07) is 10.2. The lowest BCUT2D eigenvalue weighted by atomic mass is 9.97. The van der Waals surface area contributed by atoms with E-state index >= 15 is 0 Å². The highest BCUT2D eigenvalue weighted by Crippen LogP contribution is 2.17.